The van der Waals surface area contributed by atoms with E-state index in [1.54, 1.807) is 0 Å². The molecule has 104 valence electrons. The summed E-state index contributed by atoms with van der Waals surface area (Å²) in [5.41, 5.74) is 0.601. The third kappa shape index (κ3) is 5.09. The van der Waals surface area contributed by atoms with Crippen LogP contribution in [0.4, 0.5) is 0 Å². The fourth-order valence-electron chi connectivity index (χ4n) is 1.48. The van der Waals surface area contributed by atoms with Gasteiger partial charge >= 0.3 is 5.97 Å². The highest BCUT2D eigenvalue weighted by Crippen LogP contribution is 2.04. The minimum absolute atomic E-state index is 0.0396. The van der Waals surface area contributed by atoms with Gasteiger partial charge in [-0.2, -0.15) is 0 Å². The first-order valence-electron chi connectivity index (χ1n) is 6.27. The van der Waals surface area contributed by atoms with E-state index >= 15 is 0 Å². The number of carboxylic acid groups (broad SMARTS) is 1. The fraction of sp³-hybridized carbons (Fsp3) is 0.429. The van der Waals surface area contributed by atoms with Crippen LogP contribution in [-0.4, -0.2) is 36.2 Å². The predicted molar refractivity (Wildman–Crippen MR) is 71.4 cm³/mol. The Morgan fingerprint density at radius 3 is 2.37 bits per heavy atom. The van der Waals surface area contributed by atoms with Crippen molar-refractivity contribution in [2.45, 2.75) is 26.4 Å². The Bertz CT molecular complexity index is 428. The number of benzene rings is 1. The first-order chi connectivity index (χ1) is 9.04. The van der Waals surface area contributed by atoms with E-state index in [-0.39, 0.29) is 17.6 Å². The second kappa shape index (κ2) is 7.53. The summed E-state index contributed by atoms with van der Waals surface area (Å²) in [4.78, 5) is 22.5. The highest BCUT2D eigenvalue weighted by atomic mass is 16.5. The molecule has 0 radical (unpaired) electrons. The fourth-order valence-corrected chi connectivity index (χ4v) is 1.48. The molecule has 0 aromatic heterocycles. The maximum atomic E-state index is 11.8. The van der Waals surface area contributed by atoms with Crippen molar-refractivity contribution in [2.24, 2.45) is 0 Å². The Morgan fingerprint density at radius 2 is 1.84 bits per heavy atom. The lowest BCUT2D eigenvalue weighted by Gasteiger charge is -2.13. The van der Waals surface area contributed by atoms with Crippen molar-refractivity contribution in [3.05, 3.63) is 35.4 Å². The minimum Gasteiger partial charge on any atom is -0.478 e. The maximum Gasteiger partial charge on any atom is 0.335 e. The third-order valence-electron chi connectivity index (χ3n) is 2.55. The van der Waals surface area contributed by atoms with E-state index in [1.807, 2.05) is 13.8 Å². The van der Waals surface area contributed by atoms with Gasteiger partial charge in [0.05, 0.1) is 11.7 Å². The van der Waals surface area contributed by atoms with Crippen LogP contribution in [0.25, 0.3) is 0 Å². The molecular formula is C14H19NO4. The largest absolute Gasteiger partial charge is 0.478 e. The lowest BCUT2D eigenvalue weighted by molar-refractivity contribution is 0.0622. The lowest BCUT2D eigenvalue weighted by Crippen LogP contribution is -2.32. The monoisotopic (exact) mass is 265 g/mol. The van der Waals surface area contributed by atoms with Crippen LogP contribution in [0.5, 0.6) is 0 Å². The number of hydrogen-bond donors (Lipinski definition) is 2. The van der Waals surface area contributed by atoms with E-state index in [0.717, 1.165) is 6.42 Å². The van der Waals surface area contributed by atoms with Crippen LogP contribution < -0.4 is 5.32 Å². The SMILES string of the molecule is CCCO[C@@H](C)CNC(=O)c1ccc(C(=O)O)cc1. The van der Waals surface area contributed by atoms with Crippen molar-refractivity contribution in [1.29, 1.82) is 0 Å². The number of rotatable bonds is 7. The molecule has 0 fully saturated rings. The predicted octanol–water partition coefficient (Wildman–Crippen LogP) is 1.93. The average molecular weight is 265 g/mol. The van der Waals surface area contributed by atoms with Gasteiger partial charge in [0.15, 0.2) is 0 Å². The molecule has 0 aliphatic carbocycles. The van der Waals surface area contributed by atoms with E-state index in [9.17, 15) is 9.59 Å². The first-order valence-corrected chi connectivity index (χ1v) is 6.27. The highest BCUT2D eigenvalue weighted by molar-refractivity contribution is 5.95. The zero-order chi connectivity index (χ0) is 14.3. The van der Waals surface area contributed by atoms with Crippen molar-refractivity contribution in [3.8, 4) is 0 Å². The molecule has 5 heteroatoms. The van der Waals surface area contributed by atoms with Gasteiger partial charge in [-0.15, -0.1) is 0 Å². The van der Waals surface area contributed by atoms with Gasteiger partial charge in [-0.25, -0.2) is 4.79 Å². The quantitative estimate of drug-likeness (QED) is 0.790. The van der Waals surface area contributed by atoms with Crippen LogP contribution in [0.1, 0.15) is 41.0 Å². The van der Waals surface area contributed by atoms with Crippen molar-refractivity contribution < 1.29 is 19.4 Å². The summed E-state index contributed by atoms with van der Waals surface area (Å²) in [6.45, 7) is 5.02. The van der Waals surface area contributed by atoms with Crippen LogP contribution in [-0.2, 0) is 4.74 Å². The summed E-state index contributed by atoms with van der Waals surface area (Å²) in [5, 5.41) is 11.5. The lowest BCUT2D eigenvalue weighted by atomic mass is 10.1. The molecule has 0 aliphatic rings. The number of carbonyl (C=O) groups excluding carboxylic acids is 1. The van der Waals surface area contributed by atoms with Crippen molar-refractivity contribution in [3.63, 3.8) is 0 Å². The van der Waals surface area contributed by atoms with Gasteiger partial charge in [-0.1, -0.05) is 6.92 Å². The number of carboxylic acids is 1. The van der Waals surface area contributed by atoms with E-state index < -0.39 is 5.97 Å². The number of ether oxygens (including phenoxy) is 1. The van der Waals surface area contributed by atoms with Gasteiger partial charge in [0, 0.05) is 18.7 Å². The smallest absolute Gasteiger partial charge is 0.335 e. The summed E-state index contributed by atoms with van der Waals surface area (Å²) >= 11 is 0. The van der Waals surface area contributed by atoms with Crippen molar-refractivity contribution >= 4 is 11.9 Å². The summed E-state index contributed by atoms with van der Waals surface area (Å²) in [7, 11) is 0. The Hall–Kier alpha value is -1.88. The molecule has 5 nitrogen and oxygen atoms in total. The Kier molecular flexibility index (Phi) is 6.02. The van der Waals surface area contributed by atoms with Gasteiger partial charge in [0.25, 0.3) is 5.91 Å². The van der Waals surface area contributed by atoms with Crippen molar-refractivity contribution in [1.82, 2.24) is 5.32 Å². The summed E-state index contributed by atoms with van der Waals surface area (Å²) in [5.74, 6) is -1.24. The van der Waals surface area contributed by atoms with Gasteiger partial charge in [0.1, 0.15) is 0 Å². The molecule has 0 saturated heterocycles. The van der Waals surface area contributed by atoms with E-state index in [1.165, 1.54) is 24.3 Å². The third-order valence-corrected chi connectivity index (χ3v) is 2.55. The number of hydrogen-bond acceptors (Lipinski definition) is 3. The Labute approximate surface area is 112 Å². The molecule has 19 heavy (non-hydrogen) atoms. The van der Waals surface area contributed by atoms with E-state index in [4.69, 9.17) is 9.84 Å². The zero-order valence-corrected chi connectivity index (χ0v) is 11.2. The second-order valence-corrected chi connectivity index (χ2v) is 4.27. The van der Waals surface area contributed by atoms with Gasteiger partial charge in [0.2, 0.25) is 0 Å². The first kappa shape index (κ1) is 15.2. The summed E-state index contributed by atoms with van der Waals surface area (Å²) < 4.78 is 5.44. The van der Waals surface area contributed by atoms with Crippen LogP contribution >= 0.6 is 0 Å². The number of nitrogens with one attached hydrogen (secondary N) is 1. The zero-order valence-electron chi connectivity index (χ0n) is 11.2. The van der Waals surface area contributed by atoms with Crippen molar-refractivity contribution in [2.75, 3.05) is 13.2 Å². The van der Waals surface area contributed by atoms with E-state index in [0.29, 0.717) is 18.7 Å². The average Bonchev–Trinajstić information content (AvgIpc) is 2.42. The van der Waals surface area contributed by atoms with Crippen LogP contribution in [0.15, 0.2) is 24.3 Å². The minimum atomic E-state index is -1.01. The molecule has 1 rings (SSSR count). The topological polar surface area (TPSA) is 75.6 Å². The molecule has 0 bridgehead atoms. The summed E-state index contributed by atoms with van der Waals surface area (Å²) in [6, 6.07) is 5.81. The normalized spacial score (nSPS) is 11.9. The molecular weight excluding hydrogens is 246 g/mol. The highest BCUT2D eigenvalue weighted by Gasteiger charge is 2.09. The maximum absolute atomic E-state index is 11.8. The molecule has 1 aromatic rings. The molecule has 0 saturated carbocycles. The van der Waals surface area contributed by atoms with Gasteiger partial charge in [-0.05, 0) is 37.6 Å². The molecule has 2 N–H and O–H groups in total. The Balaban J connectivity index is 2.47. The van der Waals surface area contributed by atoms with Crippen LogP contribution in [0, 0.1) is 0 Å². The molecule has 0 heterocycles. The Morgan fingerprint density at radius 1 is 1.26 bits per heavy atom. The van der Waals surface area contributed by atoms with Gasteiger partial charge in [-0.3, -0.25) is 4.79 Å². The van der Waals surface area contributed by atoms with E-state index in [2.05, 4.69) is 5.32 Å². The molecule has 0 unspecified atom stereocenters. The number of carbonyl (C=O) groups is 2. The number of aromatic carboxylic acids is 1. The van der Waals surface area contributed by atoms with Crippen LogP contribution in [0.3, 0.4) is 0 Å². The van der Waals surface area contributed by atoms with Gasteiger partial charge < -0.3 is 15.2 Å². The summed E-state index contributed by atoms with van der Waals surface area (Å²) in [6.07, 6.45) is 0.900. The molecule has 1 aromatic carbocycles. The molecule has 1 amide bonds. The molecule has 0 aliphatic heterocycles. The molecule has 0 spiro atoms. The number of amides is 1. The molecule has 1 atom stereocenters. The van der Waals surface area contributed by atoms with Crippen LogP contribution in [0.2, 0.25) is 0 Å². The standard InChI is InChI=1S/C14H19NO4/c1-3-8-19-10(2)9-15-13(16)11-4-6-12(7-5-11)14(17)18/h4-7,10H,3,8-9H2,1-2H3,(H,15,16)(H,17,18)/t10-/m0/s1. The second-order valence-electron chi connectivity index (χ2n) is 4.27.